The van der Waals surface area contributed by atoms with Gasteiger partial charge < -0.3 is 20.5 Å². The van der Waals surface area contributed by atoms with Crippen LogP contribution in [0.3, 0.4) is 0 Å². The van der Waals surface area contributed by atoms with Gasteiger partial charge in [0.05, 0.1) is 25.4 Å². The maximum Gasteiger partial charge on any atom is 0.191 e. The minimum Gasteiger partial charge on any atom is -0.387 e. The van der Waals surface area contributed by atoms with Crippen LogP contribution in [0.5, 0.6) is 0 Å². The first-order valence-corrected chi connectivity index (χ1v) is 7.12. The largest absolute Gasteiger partial charge is 0.387 e. The van der Waals surface area contributed by atoms with Crippen LogP contribution in [0.2, 0.25) is 0 Å². The number of hydrogen-bond donors (Lipinski definition) is 3. The summed E-state index contributed by atoms with van der Waals surface area (Å²) in [6.45, 7) is 11.8. The molecule has 0 radical (unpaired) electrons. The molecular formula is C13H28N4O2. The zero-order valence-corrected chi connectivity index (χ0v) is 12.4. The molecule has 1 heterocycles. The van der Waals surface area contributed by atoms with Gasteiger partial charge in [-0.1, -0.05) is 0 Å². The Morgan fingerprint density at radius 2 is 1.84 bits per heavy atom. The van der Waals surface area contributed by atoms with E-state index in [-0.39, 0.29) is 0 Å². The van der Waals surface area contributed by atoms with Crippen molar-refractivity contribution in [2.24, 2.45) is 4.99 Å². The Hall–Kier alpha value is -0.850. The first-order chi connectivity index (χ1) is 9.07. The van der Waals surface area contributed by atoms with Crippen LogP contribution in [-0.2, 0) is 4.74 Å². The Labute approximate surface area is 116 Å². The van der Waals surface area contributed by atoms with Gasteiger partial charge in [0.2, 0.25) is 0 Å². The molecule has 1 saturated heterocycles. The second kappa shape index (κ2) is 8.35. The average molecular weight is 272 g/mol. The number of hydrogen-bond acceptors (Lipinski definition) is 4. The van der Waals surface area contributed by atoms with Gasteiger partial charge in [0, 0.05) is 32.7 Å². The van der Waals surface area contributed by atoms with Crippen LogP contribution in [0, 0.1) is 0 Å². The molecule has 1 fully saturated rings. The Morgan fingerprint density at radius 3 is 2.37 bits per heavy atom. The predicted molar refractivity (Wildman–Crippen MR) is 77.5 cm³/mol. The van der Waals surface area contributed by atoms with Gasteiger partial charge in [0.25, 0.3) is 0 Å². The van der Waals surface area contributed by atoms with Crippen LogP contribution in [0.25, 0.3) is 0 Å². The molecule has 0 aromatic carbocycles. The molecule has 0 aromatic rings. The van der Waals surface area contributed by atoms with E-state index in [9.17, 15) is 5.11 Å². The molecule has 112 valence electrons. The Kier molecular flexibility index (Phi) is 7.12. The summed E-state index contributed by atoms with van der Waals surface area (Å²) in [5, 5.41) is 16.7. The summed E-state index contributed by atoms with van der Waals surface area (Å²) in [6.07, 6.45) is 0. The van der Waals surface area contributed by atoms with Crippen LogP contribution in [0.1, 0.15) is 20.8 Å². The molecule has 1 rings (SSSR count). The Balaban J connectivity index is 2.44. The monoisotopic (exact) mass is 272 g/mol. The summed E-state index contributed by atoms with van der Waals surface area (Å²) < 4.78 is 5.31. The second-order valence-electron chi connectivity index (χ2n) is 5.11. The van der Waals surface area contributed by atoms with Gasteiger partial charge in [-0.15, -0.1) is 0 Å². The topological polar surface area (TPSA) is 69.1 Å². The van der Waals surface area contributed by atoms with Crippen LogP contribution >= 0.6 is 0 Å². The zero-order valence-electron chi connectivity index (χ0n) is 12.4. The maximum absolute atomic E-state index is 10.4. The van der Waals surface area contributed by atoms with Crippen molar-refractivity contribution >= 4 is 5.96 Å². The molecule has 1 aliphatic rings. The molecule has 19 heavy (non-hydrogen) atoms. The average Bonchev–Trinajstić information content (AvgIpc) is 2.37. The van der Waals surface area contributed by atoms with Crippen molar-refractivity contribution in [2.45, 2.75) is 26.4 Å². The molecule has 0 bridgehead atoms. The third kappa shape index (κ3) is 6.75. The number of morpholine rings is 1. The van der Waals surface area contributed by atoms with E-state index in [2.05, 4.69) is 20.5 Å². The highest BCUT2D eigenvalue weighted by atomic mass is 16.5. The van der Waals surface area contributed by atoms with Crippen molar-refractivity contribution in [1.29, 1.82) is 0 Å². The summed E-state index contributed by atoms with van der Waals surface area (Å²) in [6, 6.07) is 0. The Morgan fingerprint density at radius 1 is 1.26 bits per heavy atom. The van der Waals surface area contributed by atoms with Gasteiger partial charge in [-0.2, -0.15) is 0 Å². The quantitative estimate of drug-likeness (QED) is 0.455. The molecule has 0 saturated carbocycles. The summed E-state index contributed by atoms with van der Waals surface area (Å²) in [5.41, 5.74) is -0.812. The maximum atomic E-state index is 10.4. The third-order valence-corrected chi connectivity index (χ3v) is 2.93. The van der Waals surface area contributed by atoms with E-state index in [0.29, 0.717) is 13.1 Å². The lowest BCUT2D eigenvalue weighted by molar-refractivity contribution is -0.0179. The third-order valence-electron chi connectivity index (χ3n) is 2.93. The van der Waals surface area contributed by atoms with E-state index in [4.69, 9.17) is 4.74 Å². The lowest BCUT2D eigenvalue weighted by Gasteiger charge is -2.33. The second-order valence-corrected chi connectivity index (χ2v) is 5.11. The molecule has 0 amide bonds. The summed E-state index contributed by atoms with van der Waals surface area (Å²) >= 11 is 0. The molecule has 1 aliphatic heterocycles. The van der Waals surface area contributed by atoms with Crippen molar-refractivity contribution in [3.63, 3.8) is 0 Å². The van der Waals surface area contributed by atoms with Crippen molar-refractivity contribution in [3.8, 4) is 0 Å². The fourth-order valence-corrected chi connectivity index (χ4v) is 2.05. The van der Waals surface area contributed by atoms with Gasteiger partial charge in [0.15, 0.2) is 5.96 Å². The van der Waals surface area contributed by atoms with E-state index in [1.807, 2.05) is 20.8 Å². The summed E-state index contributed by atoms with van der Waals surface area (Å²) in [7, 11) is 0. The normalized spacial score (nSPS) is 19.6. The number of nitrogens with zero attached hydrogens (tertiary/aromatic N) is 2. The van der Waals surface area contributed by atoms with Gasteiger partial charge >= 0.3 is 0 Å². The predicted octanol–water partition coefficient (Wildman–Crippen LogP) is -0.355. The van der Waals surface area contributed by atoms with Gasteiger partial charge in [-0.25, -0.2) is 0 Å². The van der Waals surface area contributed by atoms with Crippen molar-refractivity contribution in [2.75, 3.05) is 52.5 Å². The van der Waals surface area contributed by atoms with Crippen molar-refractivity contribution in [3.05, 3.63) is 0 Å². The molecule has 0 aliphatic carbocycles. The molecule has 0 spiro atoms. The number of rotatable bonds is 6. The number of ether oxygens (including phenoxy) is 1. The molecule has 6 heteroatoms. The number of β-amino-alcohol motifs (C(OH)–C–C–N with tert-alkyl or cyclic N) is 1. The van der Waals surface area contributed by atoms with Gasteiger partial charge in [-0.3, -0.25) is 9.89 Å². The van der Waals surface area contributed by atoms with Crippen molar-refractivity contribution < 1.29 is 9.84 Å². The molecule has 1 atom stereocenters. The number of nitrogens with one attached hydrogen (secondary N) is 2. The SMILES string of the molecule is CCNC(=NCC(C)(O)CN1CCOCC1)NCC. The standard InChI is InChI=1S/C13H28N4O2/c1-4-14-12(15-5-2)16-10-13(3,18)11-17-6-8-19-9-7-17/h18H,4-11H2,1-3H3,(H2,14,15,16). The van der Waals surface area contributed by atoms with E-state index in [1.165, 1.54) is 0 Å². The van der Waals surface area contributed by atoms with E-state index < -0.39 is 5.60 Å². The number of guanidine groups is 1. The van der Waals surface area contributed by atoms with Gasteiger partial charge in [0.1, 0.15) is 0 Å². The highest BCUT2D eigenvalue weighted by molar-refractivity contribution is 5.79. The molecule has 1 unspecified atom stereocenters. The van der Waals surface area contributed by atoms with Crippen LogP contribution in [-0.4, -0.2) is 74.0 Å². The summed E-state index contributed by atoms with van der Waals surface area (Å²) in [4.78, 5) is 6.65. The fourth-order valence-electron chi connectivity index (χ4n) is 2.05. The van der Waals surface area contributed by atoms with E-state index in [1.54, 1.807) is 0 Å². The number of aliphatic imine (C=N–C) groups is 1. The number of aliphatic hydroxyl groups is 1. The minimum absolute atomic E-state index is 0.389. The van der Waals surface area contributed by atoms with E-state index in [0.717, 1.165) is 45.4 Å². The van der Waals surface area contributed by atoms with Crippen molar-refractivity contribution in [1.82, 2.24) is 15.5 Å². The lowest BCUT2D eigenvalue weighted by atomic mass is 10.1. The van der Waals surface area contributed by atoms with E-state index >= 15 is 0 Å². The first-order valence-electron chi connectivity index (χ1n) is 7.12. The Bertz CT molecular complexity index is 268. The first kappa shape index (κ1) is 16.2. The smallest absolute Gasteiger partial charge is 0.191 e. The lowest BCUT2D eigenvalue weighted by Crippen LogP contribution is -2.48. The molecule has 0 aromatic heterocycles. The molecular weight excluding hydrogens is 244 g/mol. The molecule has 6 nitrogen and oxygen atoms in total. The van der Waals surface area contributed by atoms with Crippen LogP contribution in [0.4, 0.5) is 0 Å². The van der Waals surface area contributed by atoms with Crippen LogP contribution in [0.15, 0.2) is 4.99 Å². The minimum atomic E-state index is -0.812. The summed E-state index contributed by atoms with van der Waals surface area (Å²) in [5.74, 6) is 0.757. The fraction of sp³-hybridized carbons (Fsp3) is 0.923. The zero-order chi connectivity index (χ0) is 14.1. The highest BCUT2D eigenvalue weighted by Gasteiger charge is 2.25. The highest BCUT2D eigenvalue weighted by Crippen LogP contribution is 2.09. The molecule has 3 N–H and O–H groups in total. The van der Waals surface area contributed by atoms with Gasteiger partial charge in [-0.05, 0) is 20.8 Å². The van der Waals surface area contributed by atoms with Crippen LogP contribution < -0.4 is 10.6 Å².